The van der Waals surface area contributed by atoms with Gasteiger partial charge in [0.2, 0.25) is 0 Å². The van der Waals surface area contributed by atoms with Gasteiger partial charge in [0.05, 0.1) is 12.3 Å². The van der Waals surface area contributed by atoms with Crippen molar-refractivity contribution in [2.24, 2.45) is 0 Å². The number of aromatic nitrogens is 2. The topological polar surface area (TPSA) is 53.3 Å². The molecule has 1 aliphatic heterocycles. The zero-order valence-corrected chi connectivity index (χ0v) is 15.7. The molecular weight excluding hydrogens is 331 g/mol. The molecule has 2 aromatic rings. The normalized spacial score (nSPS) is 16.8. The smallest absolute Gasteiger partial charge is 0.123 e. The third-order valence-corrected chi connectivity index (χ3v) is 5.14. The summed E-state index contributed by atoms with van der Waals surface area (Å²) >= 11 is 0. The summed E-state index contributed by atoms with van der Waals surface area (Å²) in [6, 6.07) is 5.07. The maximum atomic E-state index is 13.9. The summed E-state index contributed by atoms with van der Waals surface area (Å²) in [5.41, 5.74) is 3.25. The average Bonchev–Trinajstić information content (AvgIpc) is 3.10. The summed E-state index contributed by atoms with van der Waals surface area (Å²) < 4.78 is 15.8. The molecule has 142 valence electrons. The molecule has 0 spiro atoms. The van der Waals surface area contributed by atoms with Crippen molar-refractivity contribution in [2.75, 3.05) is 24.5 Å². The molecule has 5 nitrogen and oxygen atoms in total. The number of rotatable bonds is 7. The molecule has 0 radical (unpaired) electrons. The number of piperidine rings is 1. The van der Waals surface area contributed by atoms with Crippen LogP contribution in [0.3, 0.4) is 0 Å². The number of anilines is 1. The molecule has 1 aromatic carbocycles. The highest BCUT2D eigenvalue weighted by Gasteiger charge is 2.21. The lowest BCUT2D eigenvalue weighted by atomic mass is 10.0. The van der Waals surface area contributed by atoms with Crippen molar-refractivity contribution in [1.82, 2.24) is 15.1 Å². The maximum Gasteiger partial charge on any atom is 0.123 e. The van der Waals surface area contributed by atoms with Crippen LogP contribution in [-0.2, 0) is 13.0 Å². The van der Waals surface area contributed by atoms with Gasteiger partial charge in [0.15, 0.2) is 0 Å². The molecule has 6 heteroatoms. The van der Waals surface area contributed by atoms with Gasteiger partial charge < -0.3 is 15.3 Å². The van der Waals surface area contributed by atoms with Crippen molar-refractivity contribution >= 4 is 5.69 Å². The van der Waals surface area contributed by atoms with Crippen LogP contribution in [0.25, 0.3) is 0 Å². The number of hydrogen-bond acceptors (Lipinski definition) is 4. The lowest BCUT2D eigenvalue weighted by Crippen LogP contribution is -2.37. The third-order valence-electron chi connectivity index (χ3n) is 5.14. The summed E-state index contributed by atoms with van der Waals surface area (Å²) in [6.45, 7) is 7.45. The monoisotopic (exact) mass is 360 g/mol. The minimum absolute atomic E-state index is 0.0498. The van der Waals surface area contributed by atoms with Gasteiger partial charge in [-0.05, 0) is 69.0 Å². The molecular formula is C20H29FN4O. The first-order chi connectivity index (χ1) is 12.6. The van der Waals surface area contributed by atoms with E-state index in [1.165, 1.54) is 11.6 Å². The second-order valence-corrected chi connectivity index (χ2v) is 7.05. The standard InChI is InChI=1S/C20H29FN4O/c1-3-25-14-16(13-23-25)6-9-22-15(2)19-12-17(21)4-5-20(19)24-10-7-18(26)8-11-24/h4-5,12-15,18,22,26H,3,6-11H2,1-2H3. The summed E-state index contributed by atoms with van der Waals surface area (Å²) in [5, 5.41) is 17.5. The molecule has 2 N–H and O–H groups in total. The largest absolute Gasteiger partial charge is 0.393 e. The van der Waals surface area contributed by atoms with Gasteiger partial charge in [-0.1, -0.05) is 0 Å². The van der Waals surface area contributed by atoms with Gasteiger partial charge in [-0.2, -0.15) is 5.10 Å². The van der Waals surface area contributed by atoms with E-state index in [1.807, 2.05) is 16.9 Å². The van der Waals surface area contributed by atoms with Crippen LogP contribution in [-0.4, -0.2) is 40.6 Å². The van der Waals surface area contributed by atoms with Gasteiger partial charge in [-0.25, -0.2) is 4.39 Å². The SMILES string of the molecule is CCn1cc(CCNC(C)c2cc(F)ccc2N2CCC(O)CC2)cn1. The first-order valence-corrected chi connectivity index (χ1v) is 9.54. The van der Waals surface area contributed by atoms with Crippen LogP contribution < -0.4 is 10.2 Å². The Morgan fingerprint density at radius 3 is 2.81 bits per heavy atom. The van der Waals surface area contributed by atoms with Crippen molar-refractivity contribution in [3.8, 4) is 0 Å². The molecule has 26 heavy (non-hydrogen) atoms. The molecule has 1 unspecified atom stereocenters. The van der Waals surface area contributed by atoms with Crippen LogP contribution in [0, 0.1) is 5.82 Å². The van der Waals surface area contributed by atoms with Gasteiger partial charge in [-0.15, -0.1) is 0 Å². The Kier molecular flexibility index (Phi) is 6.27. The van der Waals surface area contributed by atoms with Gasteiger partial charge >= 0.3 is 0 Å². The van der Waals surface area contributed by atoms with Crippen molar-refractivity contribution < 1.29 is 9.50 Å². The first kappa shape index (κ1) is 18.9. The summed E-state index contributed by atoms with van der Waals surface area (Å²) in [6.07, 6.45) is 6.18. The van der Waals surface area contributed by atoms with E-state index in [0.29, 0.717) is 0 Å². The van der Waals surface area contributed by atoms with E-state index in [4.69, 9.17) is 0 Å². The number of hydrogen-bond donors (Lipinski definition) is 2. The van der Waals surface area contributed by atoms with E-state index < -0.39 is 0 Å². The molecule has 0 bridgehead atoms. The molecule has 1 saturated heterocycles. The van der Waals surface area contributed by atoms with Crippen LogP contribution in [0.15, 0.2) is 30.6 Å². The Labute approximate surface area is 154 Å². The van der Waals surface area contributed by atoms with Crippen LogP contribution >= 0.6 is 0 Å². The highest BCUT2D eigenvalue weighted by atomic mass is 19.1. The Morgan fingerprint density at radius 1 is 1.35 bits per heavy atom. The highest BCUT2D eigenvalue weighted by molar-refractivity contribution is 5.55. The summed E-state index contributed by atoms with van der Waals surface area (Å²) in [7, 11) is 0. The number of aliphatic hydroxyl groups is 1. The van der Waals surface area contributed by atoms with Crippen LogP contribution in [0.2, 0.25) is 0 Å². The van der Waals surface area contributed by atoms with Gasteiger partial charge in [-0.3, -0.25) is 4.68 Å². The fourth-order valence-electron chi connectivity index (χ4n) is 3.52. The van der Waals surface area contributed by atoms with E-state index in [-0.39, 0.29) is 18.0 Å². The van der Waals surface area contributed by atoms with Crippen molar-refractivity contribution in [1.29, 1.82) is 0 Å². The fraction of sp³-hybridized carbons (Fsp3) is 0.550. The minimum atomic E-state index is -0.213. The molecule has 1 aliphatic rings. The fourth-order valence-corrected chi connectivity index (χ4v) is 3.52. The van der Waals surface area contributed by atoms with E-state index in [2.05, 4.69) is 35.4 Å². The Balaban J connectivity index is 1.64. The second-order valence-electron chi connectivity index (χ2n) is 7.05. The predicted molar refractivity (Wildman–Crippen MR) is 102 cm³/mol. The van der Waals surface area contributed by atoms with Gasteiger partial charge in [0.25, 0.3) is 0 Å². The number of aryl methyl sites for hydroxylation is 1. The van der Waals surface area contributed by atoms with Crippen LogP contribution in [0.4, 0.5) is 10.1 Å². The Bertz CT molecular complexity index is 710. The predicted octanol–water partition coefficient (Wildman–Crippen LogP) is 2.90. The molecule has 0 amide bonds. The first-order valence-electron chi connectivity index (χ1n) is 9.54. The second kappa shape index (κ2) is 8.64. The number of benzene rings is 1. The van der Waals surface area contributed by atoms with E-state index in [0.717, 1.165) is 56.7 Å². The van der Waals surface area contributed by atoms with E-state index in [9.17, 15) is 9.50 Å². The number of nitrogens with one attached hydrogen (secondary N) is 1. The Hall–Kier alpha value is -1.92. The third kappa shape index (κ3) is 4.62. The van der Waals surface area contributed by atoms with Gasteiger partial charge in [0.1, 0.15) is 5.82 Å². The molecule has 0 saturated carbocycles. The minimum Gasteiger partial charge on any atom is -0.393 e. The van der Waals surface area contributed by atoms with Crippen molar-refractivity contribution in [3.63, 3.8) is 0 Å². The molecule has 1 aromatic heterocycles. The quantitative estimate of drug-likeness (QED) is 0.797. The number of nitrogens with zero attached hydrogens (tertiary/aromatic N) is 3. The molecule has 1 atom stereocenters. The molecule has 2 heterocycles. The molecule has 0 aliphatic carbocycles. The van der Waals surface area contributed by atoms with E-state index in [1.54, 1.807) is 6.07 Å². The van der Waals surface area contributed by atoms with Crippen molar-refractivity contribution in [2.45, 2.75) is 51.8 Å². The summed E-state index contributed by atoms with van der Waals surface area (Å²) in [5.74, 6) is -0.210. The maximum absolute atomic E-state index is 13.9. The van der Waals surface area contributed by atoms with Crippen LogP contribution in [0.5, 0.6) is 0 Å². The average molecular weight is 360 g/mol. The molecule has 3 rings (SSSR count). The highest BCUT2D eigenvalue weighted by Crippen LogP contribution is 2.29. The number of aliphatic hydroxyl groups excluding tert-OH is 1. The zero-order valence-electron chi connectivity index (χ0n) is 15.7. The summed E-state index contributed by atoms with van der Waals surface area (Å²) in [4.78, 5) is 2.25. The lowest BCUT2D eigenvalue weighted by molar-refractivity contribution is 0.145. The lowest BCUT2D eigenvalue weighted by Gasteiger charge is -2.34. The van der Waals surface area contributed by atoms with E-state index >= 15 is 0 Å². The molecule has 1 fully saturated rings. The Morgan fingerprint density at radius 2 is 2.12 bits per heavy atom. The number of halogens is 1. The van der Waals surface area contributed by atoms with Crippen LogP contribution in [0.1, 0.15) is 43.9 Å². The zero-order chi connectivity index (χ0) is 18.5. The van der Waals surface area contributed by atoms with Gasteiger partial charge in [0, 0.05) is 37.6 Å². The van der Waals surface area contributed by atoms with Crippen molar-refractivity contribution in [3.05, 3.63) is 47.5 Å².